The van der Waals surface area contributed by atoms with E-state index in [2.05, 4.69) is 5.32 Å². The zero-order valence-corrected chi connectivity index (χ0v) is 9.61. The van der Waals surface area contributed by atoms with Gasteiger partial charge < -0.3 is 14.6 Å². The number of furan rings is 1. The standard InChI is InChI=1S/C12H18N2O2/c1-13-11-5-2-7-14(12(11)15)8-6-10-4-3-9-16-10/h3-4,9,11,13H,2,5-8H2,1H3. The first kappa shape index (κ1) is 11.2. The minimum absolute atomic E-state index is 0.00495. The van der Waals surface area contributed by atoms with Crippen molar-refractivity contribution >= 4 is 5.91 Å². The number of likely N-dealkylation sites (N-methyl/N-ethyl adjacent to an activating group) is 1. The third kappa shape index (κ3) is 2.44. The normalized spacial score (nSPS) is 21.4. The number of hydrogen-bond acceptors (Lipinski definition) is 3. The molecule has 1 saturated heterocycles. The molecule has 1 N–H and O–H groups in total. The van der Waals surface area contributed by atoms with Crippen LogP contribution in [0.5, 0.6) is 0 Å². The number of amides is 1. The summed E-state index contributed by atoms with van der Waals surface area (Å²) in [7, 11) is 1.85. The molecule has 0 radical (unpaired) electrons. The lowest BCUT2D eigenvalue weighted by atomic mass is 10.0. The van der Waals surface area contributed by atoms with E-state index in [1.165, 1.54) is 0 Å². The first-order chi connectivity index (χ1) is 7.81. The monoisotopic (exact) mass is 222 g/mol. The zero-order chi connectivity index (χ0) is 11.4. The van der Waals surface area contributed by atoms with Gasteiger partial charge in [-0.2, -0.15) is 0 Å². The third-order valence-corrected chi connectivity index (χ3v) is 3.09. The van der Waals surface area contributed by atoms with Gasteiger partial charge in [0.05, 0.1) is 12.3 Å². The summed E-state index contributed by atoms with van der Waals surface area (Å²) in [6, 6.07) is 3.83. The molecule has 0 bridgehead atoms. The van der Waals surface area contributed by atoms with Crippen molar-refractivity contribution in [1.82, 2.24) is 10.2 Å². The van der Waals surface area contributed by atoms with Gasteiger partial charge in [-0.25, -0.2) is 0 Å². The lowest BCUT2D eigenvalue weighted by molar-refractivity contribution is -0.135. The molecule has 0 saturated carbocycles. The molecule has 1 aliphatic rings. The first-order valence-corrected chi connectivity index (χ1v) is 5.79. The number of carbonyl (C=O) groups excluding carboxylic acids is 1. The van der Waals surface area contributed by atoms with Crippen LogP contribution < -0.4 is 5.32 Å². The summed E-state index contributed by atoms with van der Waals surface area (Å²) >= 11 is 0. The molecule has 1 atom stereocenters. The Morgan fingerprint density at radius 2 is 2.50 bits per heavy atom. The molecule has 1 aliphatic heterocycles. The Balaban J connectivity index is 1.87. The Kier molecular flexibility index (Phi) is 3.62. The van der Waals surface area contributed by atoms with E-state index in [9.17, 15) is 4.79 Å². The van der Waals surface area contributed by atoms with Crippen LogP contribution in [-0.2, 0) is 11.2 Å². The molecule has 2 rings (SSSR count). The van der Waals surface area contributed by atoms with Crippen LogP contribution in [0.1, 0.15) is 18.6 Å². The summed E-state index contributed by atoms with van der Waals surface area (Å²) in [5.41, 5.74) is 0. The number of nitrogens with zero attached hydrogens (tertiary/aromatic N) is 1. The van der Waals surface area contributed by atoms with Crippen LogP contribution in [0.4, 0.5) is 0 Å². The van der Waals surface area contributed by atoms with Gasteiger partial charge in [0.15, 0.2) is 0 Å². The Morgan fingerprint density at radius 3 is 3.19 bits per heavy atom. The molecule has 0 aromatic carbocycles. The summed E-state index contributed by atoms with van der Waals surface area (Å²) in [6.45, 7) is 1.63. The molecule has 4 heteroatoms. The van der Waals surface area contributed by atoms with Crippen LogP contribution >= 0.6 is 0 Å². The van der Waals surface area contributed by atoms with E-state index in [1.54, 1.807) is 6.26 Å². The van der Waals surface area contributed by atoms with Gasteiger partial charge in [-0.15, -0.1) is 0 Å². The minimum atomic E-state index is 0.00495. The Bertz CT molecular complexity index is 335. The molecule has 0 spiro atoms. The molecule has 1 aromatic heterocycles. The average Bonchev–Trinajstić information content (AvgIpc) is 2.81. The van der Waals surface area contributed by atoms with Gasteiger partial charge in [-0.05, 0) is 32.0 Å². The van der Waals surface area contributed by atoms with E-state index < -0.39 is 0 Å². The largest absolute Gasteiger partial charge is 0.469 e. The molecular weight excluding hydrogens is 204 g/mol. The van der Waals surface area contributed by atoms with Gasteiger partial charge in [0.1, 0.15) is 5.76 Å². The molecule has 1 fully saturated rings. The number of carbonyl (C=O) groups is 1. The maximum atomic E-state index is 11.9. The highest BCUT2D eigenvalue weighted by Crippen LogP contribution is 2.12. The number of rotatable bonds is 4. The Labute approximate surface area is 95.6 Å². The molecule has 1 aromatic rings. The zero-order valence-electron chi connectivity index (χ0n) is 9.61. The second kappa shape index (κ2) is 5.16. The van der Waals surface area contributed by atoms with E-state index in [1.807, 2.05) is 24.1 Å². The third-order valence-electron chi connectivity index (χ3n) is 3.09. The summed E-state index contributed by atoms with van der Waals surface area (Å²) in [5, 5.41) is 3.06. The van der Waals surface area contributed by atoms with E-state index in [4.69, 9.17) is 4.42 Å². The van der Waals surface area contributed by atoms with Crippen molar-refractivity contribution < 1.29 is 9.21 Å². The summed E-state index contributed by atoms with van der Waals surface area (Å²) in [4.78, 5) is 13.9. The predicted molar refractivity (Wildman–Crippen MR) is 61.1 cm³/mol. The molecule has 16 heavy (non-hydrogen) atoms. The quantitative estimate of drug-likeness (QED) is 0.827. The van der Waals surface area contributed by atoms with Crippen molar-refractivity contribution in [2.24, 2.45) is 0 Å². The van der Waals surface area contributed by atoms with Gasteiger partial charge in [0.25, 0.3) is 0 Å². The number of likely N-dealkylation sites (tertiary alicyclic amines) is 1. The van der Waals surface area contributed by atoms with Gasteiger partial charge in [-0.3, -0.25) is 4.79 Å². The van der Waals surface area contributed by atoms with Crippen LogP contribution in [0.15, 0.2) is 22.8 Å². The van der Waals surface area contributed by atoms with E-state index in [-0.39, 0.29) is 11.9 Å². The number of hydrogen-bond donors (Lipinski definition) is 1. The SMILES string of the molecule is CNC1CCCN(CCc2ccco2)C1=O. The Hall–Kier alpha value is -1.29. The van der Waals surface area contributed by atoms with Crippen LogP contribution in [0.2, 0.25) is 0 Å². The second-order valence-electron chi connectivity index (χ2n) is 4.14. The van der Waals surface area contributed by atoms with Gasteiger partial charge >= 0.3 is 0 Å². The number of nitrogens with one attached hydrogen (secondary N) is 1. The lowest BCUT2D eigenvalue weighted by Gasteiger charge is -2.31. The molecule has 1 amide bonds. The molecule has 1 unspecified atom stereocenters. The second-order valence-corrected chi connectivity index (χ2v) is 4.14. The molecule has 4 nitrogen and oxygen atoms in total. The molecule has 2 heterocycles. The van der Waals surface area contributed by atoms with Gasteiger partial charge in [0.2, 0.25) is 5.91 Å². The van der Waals surface area contributed by atoms with E-state index in [0.717, 1.165) is 38.1 Å². The van der Waals surface area contributed by atoms with Crippen LogP contribution in [0.3, 0.4) is 0 Å². The minimum Gasteiger partial charge on any atom is -0.469 e. The first-order valence-electron chi connectivity index (χ1n) is 5.79. The van der Waals surface area contributed by atoms with Crippen LogP contribution in [-0.4, -0.2) is 37.0 Å². The van der Waals surface area contributed by atoms with Gasteiger partial charge in [-0.1, -0.05) is 0 Å². The molecule has 0 aliphatic carbocycles. The Morgan fingerprint density at radius 1 is 1.62 bits per heavy atom. The smallest absolute Gasteiger partial charge is 0.239 e. The number of piperidine rings is 1. The summed E-state index contributed by atoms with van der Waals surface area (Å²) in [5.74, 6) is 1.17. The maximum absolute atomic E-state index is 11.9. The summed E-state index contributed by atoms with van der Waals surface area (Å²) < 4.78 is 5.26. The van der Waals surface area contributed by atoms with Crippen molar-refractivity contribution in [1.29, 1.82) is 0 Å². The fourth-order valence-electron chi connectivity index (χ4n) is 2.13. The molecule has 88 valence electrons. The average molecular weight is 222 g/mol. The van der Waals surface area contributed by atoms with Crippen molar-refractivity contribution in [2.45, 2.75) is 25.3 Å². The highest BCUT2D eigenvalue weighted by atomic mass is 16.3. The van der Waals surface area contributed by atoms with Crippen molar-refractivity contribution in [3.05, 3.63) is 24.2 Å². The van der Waals surface area contributed by atoms with Gasteiger partial charge in [0, 0.05) is 19.5 Å². The highest BCUT2D eigenvalue weighted by Gasteiger charge is 2.26. The van der Waals surface area contributed by atoms with E-state index >= 15 is 0 Å². The van der Waals surface area contributed by atoms with Crippen molar-refractivity contribution in [3.8, 4) is 0 Å². The maximum Gasteiger partial charge on any atom is 0.239 e. The topological polar surface area (TPSA) is 45.5 Å². The van der Waals surface area contributed by atoms with Crippen LogP contribution in [0, 0.1) is 0 Å². The highest BCUT2D eigenvalue weighted by molar-refractivity contribution is 5.82. The van der Waals surface area contributed by atoms with Crippen molar-refractivity contribution in [2.75, 3.05) is 20.1 Å². The predicted octanol–water partition coefficient (Wildman–Crippen LogP) is 1.03. The van der Waals surface area contributed by atoms with E-state index in [0.29, 0.717) is 0 Å². The summed E-state index contributed by atoms with van der Waals surface area (Å²) in [6.07, 6.45) is 4.50. The van der Waals surface area contributed by atoms with Crippen molar-refractivity contribution in [3.63, 3.8) is 0 Å². The van der Waals surface area contributed by atoms with Crippen LogP contribution in [0.25, 0.3) is 0 Å². The lowest BCUT2D eigenvalue weighted by Crippen LogP contribution is -2.50. The fourth-order valence-corrected chi connectivity index (χ4v) is 2.13. The molecular formula is C12H18N2O2. The fraction of sp³-hybridized carbons (Fsp3) is 0.583.